The molecule has 0 aliphatic carbocycles. The van der Waals surface area contributed by atoms with Crippen LogP contribution in [0.15, 0.2) is 53.8 Å². The van der Waals surface area contributed by atoms with Crippen molar-refractivity contribution in [1.82, 2.24) is 15.1 Å². The van der Waals surface area contributed by atoms with Crippen molar-refractivity contribution in [2.45, 2.75) is 32.2 Å². The molecule has 0 unspecified atom stereocenters. The van der Waals surface area contributed by atoms with E-state index in [9.17, 15) is 9.18 Å². The van der Waals surface area contributed by atoms with Crippen LogP contribution in [0, 0.1) is 18.7 Å². The number of benzene rings is 2. The Morgan fingerprint density at radius 3 is 2.85 bits per heavy atom. The zero-order chi connectivity index (χ0) is 23.7. The molecule has 2 aliphatic rings. The monoisotopic (exact) mass is 459 g/mol. The number of hydrogen-bond donors (Lipinski definition) is 1. The van der Waals surface area contributed by atoms with Gasteiger partial charge in [0.2, 0.25) is 5.91 Å². The lowest BCUT2D eigenvalue weighted by molar-refractivity contribution is -0.131. The van der Waals surface area contributed by atoms with E-state index in [0.29, 0.717) is 24.3 Å². The SMILES string of the molecule is C/N=C\c1cc(-c2cn[nH]c2)ccc1N1C[C@@H]2C[C@@H](C1)N(C(=O)CCc1ccc(C)cc1F)C2. The van der Waals surface area contributed by atoms with Crippen molar-refractivity contribution in [2.24, 2.45) is 10.9 Å². The van der Waals surface area contributed by atoms with Crippen LogP contribution < -0.4 is 4.90 Å². The van der Waals surface area contributed by atoms with Gasteiger partial charge >= 0.3 is 0 Å². The molecule has 3 heterocycles. The number of likely N-dealkylation sites (tertiary alicyclic amines) is 1. The Bertz CT molecular complexity index is 1210. The summed E-state index contributed by atoms with van der Waals surface area (Å²) >= 11 is 0. The van der Waals surface area contributed by atoms with Gasteiger partial charge in [-0.1, -0.05) is 18.2 Å². The summed E-state index contributed by atoms with van der Waals surface area (Å²) in [5.41, 5.74) is 5.85. The lowest BCUT2D eigenvalue weighted by Gasteiger charge is -2.35. The van der Waals surface area contributed by atoms with Crippen molar-refractivity contribution < 1.29 is 9.18 Å². The molecule has 1 aromatic heterocycles. The third kappa shape index (κ3) is 4.47. The average Bonchev–Trinajstić information content (AvgIpc) is 3.46. The molecule has 0 spiro atoms. The van der Waals surface area contributed by atoms with Gasteiger partial charge in [0.25, 0.3) is 0 Å². The number of H-pyrrole nitrogens is 1. The number of fused-ring (bicyclic) bond motifs is 2. The van der Waals surface area contributed by atoms with Gasteiger partial charge in [-0.3, -0.25) is 14.9 Å². The first kappa shape index (κ1) is 22.3. The Hall–Kier alpha value is -3.48. The Morgan fingerprint density at radius 1 is 1.21 bits per heavy atom. The summed E-state index contributed by atoms with van der Waals surface area (Å²) in [4.78, 5) is 21.8. The molecule has 3 aromatic rings. The summed E-state index contributed by atoms with van der Waals surface area (Å²) in [6.45, 7) is 4.37. The van der Waals surface area contributed by atoms with Crippen LogP contribution in [0.2, 0.25) is 0 Å². The first-order chi connectivity index (χ1) is 16.5. The van der Waals surface area contributed by atoms with Gasteiger partial charge in [-0.2, -0.15) is 5.10 Å². The number of amides is 1. The van der Waals surface area contributed by atoms with E-state index in [1.165, 1.54) is 6.07 Å². The largest absolute Gasteiger partial charge is 0.369 e. The number of aromatic nitrogens is 2. The highest BCUT2D eigenvalue weighted by molar-refractivity contribution is 5.90. The number of piperidine rings is 1. The van der Waals surface area contributed by atoms with E-state index in [1.54, 1.807) is 13.1 Å². The first-order valence-corrected chi connectivity index (χ1v) is 11.9. The van der Waals surface area contributed by atoms with Gasteiger partial charge in [-0.05, 0) is 60.6 Å². The predicted molar refractivity (Wildman–Crippen MR) is 133 cm³/mol. The maximum atomic E-state index is 14.2. The van der Waals surface area contributed by atoms with Gasteiger partial charge in [0, 0.05) is 68.4 Å². The van der Waals surface area contributed by atoms with E-state index < -0.39 is 0 Å². The van der Waals surface area contributed by atoms with Crippen LogP contribution >= 0.6 is 0 Å². The number of hydrogen-bond acceptors (Lipinski definition) is 4. The number of halogens is 1. The van der Waals surface area contributed by atoms with Crippen molar-refractivity contribution in [1.29, 1.82) is 0 Å². The first-order valence-electron chi connectivity index (χ1n) is 11.9. The van der Waals surface area contributed by atoms with E-state index in [-0.39, 0.29) is 17.8 Å². The number of carbonyl (C=O) groups excluding carboxylic acids is 1. The number of carbonyl (C=O) groups is 1. The molecule has 0 saturated carbocycles. The van der Waals surface area contributed by atoms with Crippen molar-refractivity contribution in [3.8, 4) is 11.1 Å². The second-order valence-electron chi connectivity index (χ2n) is 9.45. The van der Waals surface area contributed by atoms with Crippen molar-refractivity contribution in [3.05, 3.63) is 71.3 Å². The Labute approximate surface area is 199 Å². The topological polar surface area (TPSA) is 64.6 Å². The zero-order valence-corrected chi connectivity index (χ0v) is 19.7. The van der Waals surface area contributed by atoms with Crippen LogP contribution in [-0.2, 0) is 11.2 Å². The van der Waals surface area contributed by atoms with E-state index in [2.05, 4.69) is 38.3 Å². The normalized spacial score (nSPS) is 19.9. The Morgan fingerprint density at radius 2 is 2.09 bits per heavy atom. The molecule has 7 heteroatoms. The molecule has 2 aromatic carbocycles. The number of aromatic amines is 1. The predicted octanol–water partition coefficient (Wildman–Crippen LogP) is 4.24. The number of nitrogens with one attached hydrogen (secondary N) is 1. The van der Waals surface area contributed by atoms with E-state index in [1.807, 2.05) is 36.5 Å². The van der Waals surface area contributed by atoms with Crippen LogP contribution in [-0.4, -0.2) is 59.9 Å². The smallest absolute Gasteiger partial charge is 0.223 e. The van der Waals surface area contributed by atoms with Gasteiger partial charge in [-0.25, -0.2) is 4.39 Å². The van der Waals surface area contributed by atoms with E-state index in [4.69, 9.17) is 0 Å². The number of nitrogens with zero attached hydrogens (tertiary/aromatic N) is 4. The molecular formula is C27H30FN5O. The van der Waals surface area contributed by atoms with Crippen LogP contribution in [0.1, 0.15) is 29.5 Å². The molecule has 34 heavy (non-hydrogen) atoms. The molecule has 5 rings (SSSR count). The summed E-state index contributed by atoms with van der Waals surface area (Å²) in [5.74, 6) is 0.349. The fourth-order valence-electron chi connectivity index (χ4n) is 5.38. The number of anilines is 1. The number of rotatable bonds is 6. The molecule has 1 amide bonds. The van der Waals surface area contributed by atoms with Gasteiger partial charge in [0.15, 0.2) is 0 Å². The molecule has 2 aliphatic heterocycles. The van der Waals surface area contributed by atoms with Crippen molar-refractivity contribution in [3.63, 3.8) is 0 Å². The minimum absolute atomic E-state index is 0.125. The Balaban J connectivity index is 1.29. The second kappa shape index (κ2) is 9.41. The molecule has 2 bridgehead atoms. The molecule has 1 N–H and O–H groups in total. The summed E-state index contributed by atoms with van der Waals surface area (Å²) < 4.78 is 14.2. The third-order valence-corrected chi connectivity index (χ3v) is 7.02. The molecule has 6 nitrogen and oxygen atoms in total. The standard InChI is InChI=1S/C27H30FN5O/c1-18-3-4-20(25(28)9-18)6-8-27(34)33-16-19-10-24(33)17-32(15-19)26-7-5-21(11-22(26)12-29-2)23-13-30-31-14-23/h3-5,7,9,11-14,19,24H,6,8,10,15-17H2,1-2H3,(H,30,31)/b29-12-/t19-,24-/m0/s1. The fourth-order valence-corrected chi connectivity index (χ4v) is 5.38. The van der Waals surface area contributed by atoms with Gasteiger partial charge in [0.05, 0.1) is 6.20 Å². The van der Waals surface area contributed by atoms with Crippen LogP contribution in [0.4, 0.5) is 10.1 Å². The van der Waals surface area contributed by atoms with Crippen molar-refractivity contribution >= 4 is 17.8 Å². The lowest BCUT2D eigenvalue weighted by Crippen LogP contribution is -2.44. The molecule has 2 atom stereocenters. The summed E-state index contributed by atoms with van der Waals surface area (Å²) in [6.07, 6.45) is 7.41. The average molecular weight is 460 g/mol. The lowest BCUT2D eigenvalue weighted by atomic mass is 9.97. The summed E-state index contributed by atoms with van der Waals surface area (Å²) in [6, 6.07) is 11.8. The van der Waals surface area contributed by atoms with E-state index in [0.717, 1.165) is 54.0 Å². The maximum Gasteiger partial charge on any atom is 0.223 e. The molecule has 0 radical (unpaired) electrons. The van der Waals surface area contributed by atoms with Gasteiger partial charge < -0.3 is 9.80 Å². The Kier molecular flexibility index (Phi) is 6.18. The van der Waals surface area contributed by atoms with Crippen LogP contribution in [0.25, 0.3) is 11.1 Å². The van der Waals surface area contributed by atoms with E-state index >= 15 is 0 Å². The van der Waals surface area contributed by atoms with Crippen LogP contribution in [0.5, 0.6) is 0 Å². The maximum absolute atomic E-state index is 14.2. The highest BCUT2D eigenvalue weighted by Gasteiger charge is 2.41. The highest BCUT2D eigenvalue weighted by Crippen LogP contribution is 2.35. The minimum Gasteiger partial charge on any atom is -0.369 e. The van der Waals surface area contributed by atoms with Gasteiger partial charge in [0.1, 0.15) is 5.82 Å². The second-order valence-corrected chi connectivity index (χ2v) is 9.45. The number of aryl methyl sites for hydroxylation is 2. The minimum atomic E-state index is -0.219. The number of aliphatic imine (C=N–C) groups is 1. The molecule has 2 fully saturated rings. The quantitative estimate of drug-likeness (QED) is 0.561. The van der Waals surface area contributed by atoms with Crippen LogP contribution in [0.3, 0.4) is 0 Å². The highest BCUT2D eigenvalue weighted by atomic mass is 19.1. The van der Waals surface area contributed by atoms with Crippen molar-refractivity contribution in [2.75, 3.05) is 31.6 Å². The summed E-state index contributed by atoms with van der Waals surface area (Å²) in [7, 11) is 1.78. The molecule has 2 saturated heterocycles. The third-order valence-electron chi connectivity index (χ3n) is 7.02. The summed E-state index contributed by atoms with van der Waals surface area (Å²) in [5, 5.41) is 6.92. The molecular weight excluding hydrogens is 429 g/mol. The fraction of sp³-hybridized carbons (Fsp3) is 0.370. The molecule has 176 valence electrons. The van der Waals surface area contributed by atoms with Gasteiger partial charge in [-0.15, -0.1) is 0 Å². The zero-order valence-electron chi connectivity index (χ0n) is 19.7.